The Morgan fingerprint density at radius 3 is 2.29 bits per heavy atom. The van der Waals surface area contributed by atoms with Crippen molar-refractivity contribution in [2.24, 2.45) is 0 Å². The Hall–Kier alpha value is -0.409. The van der Waals surface area contributed by atoms with E-state index < -0.39 is 25.9 Å². The first-order valence-corrected chi connectivity index (χ1v) is 15.9. The monoisotopic (exact) mass is 341 g/mol. The maximum Gasteiger partial charge on any atom is 0.311 e. The minimum Gasteiger partial charge on any atom is -0.508 e. The summed E-state index contributed by atoms with van der Waals surface area (Å²) in [6.45, 7) is 13.2. The topological polar surface area (TPSA) is 38.7 Å². The van der Waals surface area contributed by atoms with Gasteiger partial charge in [0.2, 0.25) is 0 Å². The molecular weight excluding hydrogens is 312 g/mol. The van der Waals surface area contributed by atoms with Crippen molar-refractivity contribution in [3.05, 3.63) is 29.8 Å². The molecule has 1 N–H and O–H groups in total. The number of rotatable bonds is 8. The molecule has 21 heavy (non-hydrogen) atoms. The molecule has 0 aromatic heterocycles. The quantitative estimate of drug-likeness (QED) is 0.707. The predicted octanol–water partition coefficient (Wildman–Crippen LogP) is 4.52. The fourth-order valence-corrected chi connectivity index (χ4v) is 13.9. The van der Waals surface area contributed by atoms with Gasteiger partial charge in [0, 0.05) is 0 Å². The molecule has 0 bridgehead atoms. The van der Waals surface area contributed by atoms with Gasteiger partial charge in [0.15, 0.2) is 17.4 Å². The van der Waals surface area contributed by atoms with Crippen LogP contribution >= 0.6 is 0 Å². The average molecular weight is 342 g/mol. The summed E-state index contributed by atoms with van der Waals surface area (Å²) >= 11 is 0. The molecule has 1 rings (SSSR count). The summed E-state index contributed by atoms with van der Waals surface area (Å²) < 4.78 is 12.5. The van der Waals surface area contributed by atoms with Crippen molar-refractivity contribution >= 4 is 25.9 Å². The normalized spacial score (nSPS) is 12.9. The van der Waals surface area contributed by atoms with Gasteiger partial charge in [-0.15, -0.1) is 0 Å². The molecule has 0 atom stereocenters. The van der Waals surface area contributed by atoms with Gasteiger partial charge in [-0.3, -0.25) is 0 Å². The van der Waals surface area contributed by atoms with Crippen LogP contribution in [0.3, 0.4) is 0 Å². The van der Waals surface area contributed by atoms with Gasteiger partial charge < -0.3 is 13.3 Å². The van der Waals surface area contributed by atoms with Crippen LogP contribution in [0, 0.1) is 0 Å². The maximum atomic E-state index is 9.80. The summed E-state index contributed by atoms with van der Waals surface area (Å²) in [5.74, 6) is 0.403. The van der Waals surface area contributed by atoms with Crippen LogP contribution in [-0.2, 0) is 14.7 Å². The van der Waals surface area contributed by atoms with Crippen LogP contribution in [-0.4, -0.2) is 31.0 Å². The van der Waals surface area contributed by atoms with Crippen molar-refractivity contribution in [1.29, 1.82) is 0 Å². The highest BCUT2D eigenvalue weighted by atomic mass is 28.5. The molecule has 1 radical (unpaired) electrons. The van der Waals surface area contributed by atoms with Gasteiger partial charge in [0.1, 0.15) is 5.75 Å². The molecule has 0 heterocycles. The molecule has 6 heteroatoms. The Morgan fingerprint density at radius 1 is 1.10 bits per heavy atom. The average Bonchev–Trinajstić information content (AvgIpc) is 2.27. The fraction of sp³-hybridized carbons (Fsp3) is 0.600. The Morgan fingerprint density at radius 2 is 1.71 bits per heavy atom. The minimum absolute atomic E-state index is 0.403. The Labute approximate surface area is 133 Å². The zero-order chi connectivity index (χ0) is 16.1. The lowest BCUT2D eigenvalue weighted by atomic mass is 10.1. The molecule has 0 saturated heterocycles. The summed E-state index contributed by atoms with van der Waals surface area (Å²) in [6.07, 6.45) is 1.96. The Bertz CT molecular complexity index is 448. The van der Waals surface area contributed by atoms with Gasteiger partial charge >= 0.3 is 8.56 Å². The number of aryl methyl sites for hydroxylation is 1. The fourth-order valence-electron chi connectivity index (χ4n) is 2.66. The second kappa shape index (κ2) is 7.73. The summed E-state index contributed by atoms with van der Waals surface area (Å²) in [7, 11) is -4.40. The van der Waals surface area contributed by atoms with Gasteiger partial charge in [-0.25, -0.2) is 0 Å². The minimum atomic E-state index is -1.98. The molecule has 119 valence electrons. The lowest BCUT2D eigenvalue weighted by Gasteiger charge is -2.34. The number of hydrogen-bond donors (Lipinski definition) is 1. The molecular formula is C15H29O3Si3. The summed E-state index contributed by atoms with van der Waals surface area (Å²) in [6, 6.07) is 8.68. The third-order valence-electron chi connectivity index (χ3n) is 3.19. The predicted molar refractivity (Wildman–Crippen MR) is 95.9 cm³/mol. The standard InChI is InChI=1S/C15H29O3Si3/c1-19(2)17-21(5,6)18-20(3,4)13-9-11-14-10-7-8-12-15(14)16/h7-8,10,12,16H,9,11,13H2,1-6H3. The van der Waals surface area contributed by atoms with Crippen molar-refractivity contribution < 1.29 is 13.3 Å². The highest BCUT2D eigenvalue weighted by Crippen LogP contribution is 2.24. The first-order valence-electron chi connectivity index (χ1n) is 7.57. The number of phenolic OH excluding ortho intramolecular Hbond substituents is 1. The molecule has 0 fully saturated rings. The molecule has 1 aromatic rings. The molecule has 3 nitrogen and oxygen atoms in total. The molecule has 0 amide bonds. The Kier molecular flexibility index (Phi) is 6.86. The number of phenols is 1. The van der Waals surface area contributed by atoms with E-state index in [-0.39, 0.29) is 0 Å². The first-order chi connectivity index (χ1) is 9.61. The number of benzene rings is 1. The van der Waals surface area contributed by atoms with E-state index in [2.05, 4.69) is 39.3 Å². The maximum absolute atomic E-state index is 9.80. The van der Waals surface area contributed by atoms with Crippen molar-refractivity contribution in [3.8, 4) is 5.75 Å². The van der Waals surface area contributed by atoms with Crippen molar-refractivity contribution in [2.45, 2.75) is 58.2 Å². The molecule has 0 aliphatic heterocycles. The zero-order valence-electron chi connectivity index (χ0n) is 14.2. The number of aromatic hydroxyl groups is 1. The van der Waals surface area contributed by atoms with Crippen LogP contribution in [0.15, 0.2) is 24.3 Å². The van der Waals surface area contributed by atoms with Gasteiger partial charge in [-0.2, -0.15) is 0 Å². The van der Waals surface area contributed by atoms with E-state index in [1.165, 1.54) is 0 Å². The SMILES string of the molecule is C[Si](C)O[Si](C)(C)O[Si](C)(C)CCCc1ccccc1O. The number of para-hydroxylation sites is 1. The lowest BCUT2D eigenvalue weighted by molar-refractivity contribution is 0.399. The van der Waals surface area contributed by atoms with Gasteiger partial charge in [0.25, 0.3) is 0 Å². The summed E-state index contributed by atoms with van der Waals surface area (Å²) in [5, 5.41) is 9.80. The Balaban J connectivity index is 2.48. The van der Waals surface area contributed by atoms with E-state index in [0.29, 0.717) is 5.75 Å². The van der Waals surface area contributed by atoms with E-state index in [1.54, 1.807) is 6.07 Å². The van der Waals surface area contributed by atoms with Gasteiger partial charge in [-0.05, 0) is 69.8 Å². The largest absolute Gasteiger partial charge is 0.508 e. The van der Waals surface area contributed by atoms with Crippen LogP contribution in [0.4, 0.5) is 0 Å². The molecule has 1 aromatic carbocycles. The summed E-state index contributed by atoms with van der Waals surface area (Å²) in [5.41, 5.74) is 1.03. The lowest BCUT2D eigenvalue weighted by Crippen LogP contribution is -2.48. The van der Waals surface area contributed by atoms with Crippen LogP contribution in [0.25, 0.3) is 0 Å². The van der Waals surface area contributed by atoms with Gasteiger partial charge in [0.05, 0.1) is 0 Å². The van der Waals surface area contributed by atoms with Crippen molar-refractivity contribution in [1.82, 2.24) is 0 Å². The van der Waals surface area contributed by atoms with Crippen molar-refractivity contribution in [2.75, 3.05) is 0 Å². The molecule has 0 aliphatic rings. The second-order valence-electron chi connectivity index (χ2n) is 6.75. The van der Waals surface area contributed by atoms with Crippen LogP contribution in [0.5, 0.6) is 5.75 Å². The van der Waals surface area contributed by atoms with E-state index >= 15 is 0 Å². The third-order valence-corrected chi connectivity index (χ3v) is 12.5. The summed E-state index contributed by atoms with van der Waals surface area (Å²) in [4.78, 5) is 0. The first kappa shape index (κ1) is 18.6. The highest BCUT2D eigenvalue weighted by molar-refractivity contribution is 6.84. The van der Waals surface area contributed by atoms with E-state index in [0.717, 1.165) is 24.4 Å². The highest BCUT2D eigenvalue weighted by Gasteiger charge is 2.34. The van der Waals surface area contributed by atoms with Crippen molar-refractivity contribution in [3.63, 3.8) is 0 Å². The zero-order valence-corrected chi connectivity index (χ0v) is 17.2. The van der Waals surface area contributed by atoms with Crippen LogP contribution in [0.1, 0.15) is 12.0 Å². The molecule has 0 saturated carbocycles. The van der Waals surface area contributed by atoms with E-state index in [1.807, 2.05) is 18.2 Å². The number of hydrogen-bond acceptors (Lipinski definition) is 3. The van der Waals surface area contributed by atoms with Crippen LogP contribution in [0.2, 0.25) is 45.3 Å². The molecule has 0 unspecified atom stereocenters. The van der Waals surface area contributed by atoms with Crippen LogP contribution < -0.4 is 0 Å². The smallest absolute Gasteiger partial charge is 0.311 e. The molecule has 0 spiro atoms. The van der Waals surface area contributed by atoms with E-state index in [4.69, 9.17) is 8.23 Å². The van der Waals surface area contributed by atoms with E-state index in [9.17, 15) is 5.11 Å². The second-order valence-corrected chi connectivity index (χ2v) is 17.0. The molecule has 0 aliphatic carbocycles. The van der Waals surface area contributed by atoms with Gasteiger partial charge in [-0.1, -0.05) is 18.2 Å². The third kappa shape index (κ3) is 7.42.